The Hall–Kier alpha value is -1.36. The quantitative estimate of drug-likeness (QED) is 0.800. The molecule has 1 aromatic rings. The zero-order chi connectivity index (χ0) is 12.6. The van der Waals surface area contributed by atoms with Crippen LogP contribution < -0.4 is 16.6 Å². The van der Waals surface area contributed by atoms with Crippen LogP contribution in [0.4, 0.5) is 0 Å². The maximum Gasteiger partial charge on any atom is 0.330 e. The molecule has 2 rings (SSSR count). The van der Waals surface area contributed by atoms with Gasteiger partial charge in [0.2, 0.25) is 0 Å². The van der Waals surface area contributed by atoms with Gasteiger partial charge in [0.1, 0.15) is 0 Å². The Morgan fingerprint density at radius 3 is 2.65 bits per heavy atom. The standard InChI is InChI=1S/C12H19N3O2/c1-4-8-5-10(8)13-7-9-6-11(16)15(3)12(17)14(9)2/h6,8,10,13H,4-5,7H2,1-3H3. The summed E-state index contributed by atoms with van der Waals surface area (Å²) in [6.45, 7) is 2.77. The summed E-state index contributed by atoms with van der Waals surface area (Å²) in [5, 5.41) is 3.38. The van der Waals surface area contributed by atoms with Gasteiger partial charge in [-0.3, -0.25) is 13.9 Å². The molecule has 94 valence electrons. The van der Waals surface area contributed by atoms with E-state index >= 15 is 0 Å². The minimum absolute atomic E-state index is 0.243. The minimum atomic E-state index is -0.267. The van der Waals surface area contributed by atoms with Gasteiger partial charge in [-0.2, -0.15) is 0 Å². The van der Waals surface area contributed by atoms with E-state index in [1.54, 1.807) is 7.05 Å². The lowest BCUT2D eigenvalue weighted by Gasteiger charge is -2.10. The first kappa shape index (κ1) is 12.1. The van der Waals surface area contributed by atoms with E-state index in [1.165, 1.54) is 30.5 Å². The van der Waals surface area contributed by atoms with E-state index in [2.05, 4.69) is 12.2 Å². The van der Waals surface area contributed by atoms with Crippen molar-refractivity contribution in [3.8, 4) is 0 Å². The highest BCUT2D eigenvalue weighted by Gasteiger charge is 2.34. The van der Waals surface area contributed by atoms with Crippen LogP contribution in [0.3, 0.4) is 0 Å². The van der Waals surface area contributed by atoms with Crippen molar-refractivity contribution in [3.05, 3.63) is 32.6 Å². The molecule has 1 heterocycles. The lowest BCUT2D eigenvalue weighted by Crippen LogP contribution is -2.39. The van der Waals surface area contributed by atoms with Gasteiger partial charge in [-0.15, -0.1) is 0 Å². The van der Waals surface area contributed by atoms with Crippen molar-refractivity contribution in [2.45, 2.75) is 32.4 Å². The molecule has 5 nitrogen and oxygen atoms in total. The van der Waals surface area contributed by atoms with Crippen LogP contribution in [0.2, 0.25) is 0 Å². The molecule has 0 radical (unpaired) electrons. The maximum atomic E-state index is 11.7. The van der Waals surface area contributed by atoms with Crippen LogP contribution in [-0.4, -0.2) is 15.2 Å². The molecular formula is C12H19N3O2. The lowest BCUT2D eigenvalue weighted by molar-refractivity contribution is 0.575. The maximum absolute atomic E-state index is 11.7. The first-order valence-electron chi connectivity index (χ1n) is 6.04. The molecule has 1 aliphatic carbocycles. The lowest BCUT2D eigenvalue weighted by atomic mass is 10.3. The predicted molar refractivity (Wildman–Crippen MR) is 65.9 cm³/mol. The molecule has 1 N–H and O–H groups in total. The van der Waals surface area contributed by atoms with E-state index in [4.69, 9.17) is 0 Å². The van der Waals surface area contributed by atoms with E-state index in [0.29, 0.717) is 12.6 Å². The third-order valence-electron chi connectivity index (χ3n) is 3.62. The Balaban J connectivity index is 2.12. The average molecular weight is 237 g/mol. The average Bonchev–Trinajstić information content (AvgIpc) is 3.08. The van der Waals surface area contributed by atoms with Gasteiger partial charge in [0, 0.05) is 38.4 Å². The van der Waals surface area contributed by atoms with E-state index in [9.17, 15) is 9.59 Å². The molecule has 2 atom stereocenters. The summed E-state index contributed by atoms with van der Waals surface area (Å²) in [6.07, 6.45) is 2.39. The van der Waals surface area contributed by atoms with Crippen molar-refractivity contribution in [1.82, 2.24) is 14.5 Å². The van der Waals surface area contributed by atoms with Crippen LogP contribution in [-0.2, 0) is 20.6 Å². The number of rotatable bonds is 4. The van der Waals surface area contributed by atoms with E-state index in [0.717, 1.165) is 16.2 Å². The van der Waals surface area contributed by atoms with Gasteiger partial charge in [-0.05, 0) is 12.3 Å². The van der Waals surface area contributed by atoms with Crippen molar-refractivity contribution in [1.29, 1.82) is 0 Å². The predicted octanol–water partition coefficient (Wildman–Crippen LogP) is -0.0279. The van der Waals surface area contributed by atoms with Gasteiger partial charge >= 0.3 is 5.69 Å². The molecule has 0 bridgehead atoms. The second-order valence-electron chi connectivity index (χ2n) is 4.77. The molecule has 0 saturated heterocycles. The Morgan fingerprint density at radius 2 is 2.06 bits per heavy atom. The van der Waals surface area contributed by atoms with Gasteiger partial charge in [-0.25, -0.2) is 4.79 Å². The zero-order valence-corrected chi connectivity index (χ0v) is 10.6. The van der Waals surface area contributed by atoms with Crippen molar-refractivity contribution >= 4 is 0 Å². The highest BCUT2D eigenvalue weighted by atomic mass is 16.2. The first-order valence-corrected chi connectivity index (χ1v) is 6.04. The molecule has 5 heteroatoms. The van der Waals surface area contributed by atoms with Crippen LogP contribution >= 0.6 is 0 Å². The van der Waals surface area contributed by atoms with E-state index in [-0.39, 0.29) is 11.2 Å². The zero-order valence-electron chi connectivity index (χ0n) is 10.6. The number of hydrogen-bond donors (Lipinski definition) is 1. The fourth-order valence-corrected chi connectivity index (χ4v) is 2.13. The van der Waals surface area contributed by atoms with Crippen LogP contribution in [0, 0.1) is 5.92 Å². The molecule has 0 amide bonds. The van der Waals surface area contributed by atoms with Crippen molar-refractivity contribution in [2.75, 3.05) is 0 Å². The van der Waals surface area contributed by atoms with Gasteiger partial charge in [0.15, 0.2) is 0 Å². The monoisotopic (exact) mass is 237 g/mol. The molecule has 0 aliphatic heterocycles. The Morgan fingerprint density at radius 1 is 1.35 bits per heavy atom. The van der Waals surface area contributed by atoms with E-state index < -0.39 is 0 Å². The molecular weight excluding hydrogens is 218 g/mol. The highest BCUT2D eigenvalue weighted by molar-refractivity contribution is 5.03. The molecule has 0 spiro atoms. The highest BCUT2D eigenvalue weighted by Crippen LogP contribution is 2.33. The minimum Gasteiger partial charge on any atom is -0.308 e. The van der Waals surface area contributed by atoms with Gasteiger partial charge in [-0.1, -0.05) is 13.3 Å². The second-order valence-corrected chi connectivity index (χ2v) is 4.77. The van der Waals surface area contributed by atoms with Gasteiger partial charge in [0.25, 0.3) is 5.56 Å². The molecule has 1 saturated carbocycles. The third-order valence-corrected chi connectivity index (χ3v) is 3.62. The topological polar surface area (TPSA) is 56.0 Å². The molecule has 17 heavy (non-hydrogen) atoms. The van der Waals surface area contributed by atoms with Crippen LogP contribution in [0.1, 0.15) is 25.5 Å². The van der Waals surface area contributed by atoms with Crippen LogP contribution in [0.15, 0.2) is 15.7 Å². The SMILES string of the molecule is CCC1CC1NCc1cc(=O)n(C)c(=O)n1C. The first-order chi connectivity index (χ1) is 8.04. The van der Waals surface area contributed by atoms with Crippen molar-refractivity contribution < 1.29 is 0 Å². The number of aromatic nitrogens is 2. The molecule has 2 unspecified atom stereocenters. The Bertz CT molecular complexity index is 530. The fraction of sp³-hybridized carbons (Fsp3) is 0.667. The molecule has 1 aromatic heterocycles. The molecule has 1 aliphatic rings. The summed E-state index contributed by atoms with van der Waals surface area (Å²) < 4.78 is 2.65. The summed E-state index contributed by atoms with van der Waals surface area (Å²) in [4.78, 5) is 23.2. The van der Waals surface area contributed by atoms with Gasteiger partial charge < -0.3 is 5.32 Å². The normalized spacial score (nSPS) is 22.8. The largest absolute Gasteiger partial charge is 0.330 e. The number of hydrogen-bond acceptors (Lipinski definition) is 3. The van der Waals surface area contributed by atoms with E-state index in [1.807, 2.05) is 0 Å². The number of nitrogens with one attached hydrogen (secondary N) is 1. The molecule has 0 aromatic carbocycles. The summed E-state index contributed by atoms with van der Waals surface area (Å²) in [7, 11) is 3.19. The van der Waals surface area contributed by atoms with Gasteiger partial charge in [0.05, 0.1) is 0 Å². The number of nitrogens with zero attached hydrogens (tertiary/aromatic N) is 2. The Kier molecular flexibility index (Phi) is 3.19. The summed E-state index contributed by atoms with van der Waals surface area (Å²) >= 11 is 0. The molecule has 1 fully saturated rings. The fourth-order valence-electron chi connectivity index (χ4n) is 2.13. The smallest absolute Gasteiger partial charge is 0.308 e. The van der Waals surface area contributed by atoms with Crippen LogP contribution in [0.25, 0.3) is 0 Å². The van der Waals surface area contributed by atoms with Crippen molar-refractivity contribution in [3.63, 3.8) is 0 Å². The van der Waals surface area contributed by atoms with Crippen molar-refractivity contribution in [2.24, 2.45) is 20.0 Å². The summed E-state index contributed by atoms with van der Waals surface area (Å²) in [5.41, 5.74) is 0.240. The summed E-state index contributed by atoms with van der Waals surface area (Å²) in [5.74, 6) is 0.763. The summed E-state index contributed by atoms with van der Waals surface area (Å²) in [6, 6.07) is 2.08. The third kappa shape index (κ3) is 2.34. The Labute approximate surface area is 100 Å². The second kappa shape index (κ2) is 4.49. The van der Waals surface area contributed by atoms with Crippen LogP contribution in [0.5, 0.6) is 0 Å².